The number of aliphatic hydroxyl groups is 3. The fraction of sp³-hybridized carbons (Fsp3) is 0.727. The van der Waals surface area contributed by atoms with Crippen LogP contribution in [0.3, 0.4) is 0 Å². The minimum Gasteiger partial charge on any atom is -0.480 e. The van der Waals surface area contributed by atoms with Gasteiger partial charge in [-0.25, -0.2) is 4.79 Å². The van der Waals surface area contributed by atoms with Crippen molar-refractivity contribution in [1.29, 1.82) is 0 Å². The summed E-state index contributed by atoms with van der Waals surface area (Å²) >= 11 is 0. The normalized spacial score (nSPS) is 16.7. The second kappa shape index (κ2) is 58.5. The van der Waals surface area contributed by atoms with Crippen molar-refractivity contribution in [3.8, 4) is 0 Å². The van der Waals surface area contributed by atoms with Crippen LogP contribution in [-0.4, -0.2) is 256 Å². The quantitative estimate of drug-likeness (QED) is 0.0344. The van der Waals surface area contributed by atoms with Gasteiger partial charge in [-0.05, 0) is 157 Å². The molecule has 0 aliphatic rings. The summed E-state index contributed by atoms with van der Waals surface area (Å²) in [5.41, 5.74) is 25.0. The molecule has 0 spiro atoms. The fourth-order valence-corrected chi connectivity index (χ4v) is 13.9. The number of fused-ring (bicyclic) bond motifs is 1. The van der Waals surface area contributed by atoms with Gasteiger partial charge in [-0.3, -0.25) is 71.9 Å². The maximum absolute atomic E-state index is 15.2. The number of aromatic nitrogens is 1. The molecule has 22 atom stereocenters. The standard InChI is InChI=1S/C88H154N20O20/c1-19-48(12)65(92)80(119)104-69(50(14)21-3)84(123)100-63(44-109)79(118)108-73(54(18)111)87(126)105-68(49(13)20-2)81(120)94-43-64(112)95-58(34-26-29-37-89)74(113)98-61(40-45(6)7)77(116)101-66(46(8)9)82(121)96-59(35-27-30-38-90)75(114)99-62(41-55-42-93-57-33-25-24-32-56(55)57)78(117)103-71(52(16)23-5)85(124)106-70(51(15)22-4)83(122)97-60(36-28-31-39-91)76(115)107-72(53(17)110)86(125)102-67(47(10)11)88(127)128/h24-25,32-33,42,45-54,58-63,65-73,93,109-111H,19-23,26-31,34-41,43-44,89-92H2,1-18H3,(H,94,120)(H,95,112)(H,96,121)(H,97,122)(H,98,113)(H,99,114)(H,100,123)(H,101,116)(H,102,125)(H,103,117)(H,104,119)(H,105,126)(H,106,124)(H,107,115)(H,108,118)(H,127,128)/t48-,49-,50-,51-,52-,53+,54+,58-,59-,60-,61-,62-,63-,65-,66-,67-,68-,69-,70-,71-,72-,73-/m0/s1. The smallest absolute Gasteiger partial charge is 0.326 e. The third-order valence-electron chi connectivity index (χ3n) is 23.4. The van der Waals surface area contributed by atoms with Crippen LogP contribution >= 0.6 is 0 Å². The Hall–Kier alpha value is -10.00. The lowest BCUT2D eigenvalue weighted by Gasteiger charge is -2.31. The Bertz CT molecular complexity index is 3900. The molecule has 128 heavy (non-hydrogen) atoms. The summed E-state index contributed by atoms with van der Waals surface area (Å²) in [7, 11) is 0. The van der Waals surface area contributed by atoms with E-state index in [-0.39, 0.29) is 76.4 Å². The summed E-state index contributed by atoms with van der Waals surface area (Å²) < 4.78 is 0. The molecule has 40 heteroatoms. The van der Waals surface area contributed by atoms with Crippen LogP contribution in [0.25, 0.3) is 10.9 Å². The Balaban J connectivity index is 2.55. The number of aromatic amines is 1. The van der Waals surface area contributed by atoms with E-state index in [1.165, 1.54) is 13.8 Å². The second-order valence-electron chi connectivity index (χ2n) is 35.0. The van der Waals surface area contributed by atoms with Crippen molar-refractivity contribution in [2.24, 2.45) is 70.3 Å². The number of nitrogens with one attached hydrogen (secondary N) is 16. The number of hydrogen-bond acceptors (Lipinski definition) is 23. The SMILES string of the molecule is CC[C@H](C)[C@H](N)C(=O)N[C@H](C(=O)N[C@@H](CO)C(=O)N[C@H](C(=O)N[C@H](C(=O)NCC(=O)N[C@@H](CCCCN)C(=O)N[C@@H](CC(C)C)C(=O)N[C@H](C(=O)N[C@@H](CCCCN)C(=O)N[C@@H](Cc1c[nH]c2ccccc12)C(=O)N[C@H](C(=O)N[C@H](C(=O)N[C@@H](CCCCN)C(=O)N[C@H](C(=O)N[C@H](C(=O)O)C(C)C)[C@@H](C)O)[C@@H](C)CC)[C@@H](C)CC)C(C)C)[C@@H](C)CC)[C@@H](C)O)[C@@H](C)CC. The minimum atomic E-state index is -1.78. The van der Waals surface area contributed by atoms with Crippen LogP contribution in [0.15, 0.2) is 30.5 Å². The highest BCUT2D eigenvalue weighted by Crippen LogP contribution is 2.23. The molecule has 0 saturated carbocycles. The van der Waals surface area contributed by atoms with Crippen LogP contribution in [0, 0.1) is 47.3 Å². The van der Waals surface area contributed by atoms with Crippen LogP contribution in [-0.2, 0) is 83.1 Å². The number of H-pyrrole nitrogens is 1. The average Bonchev–Trinajstić information content (AvgIpc) is 1.67. The van der Waals surface area contributed by atoms with Gasteiger partial charge in [-0.1, -0.05) is 161 Å². The lowest BCUT2D eigenvalue weighted by molar-refractivity contribution is -0.144. The highest BCUT2D eigenvalue weighted by atomic mass is 16.4. The molecule has 40 nitrogen and oxygen atoms in total. The number of amides is 15. The zero-order valence-electron chi connectivity index (χ0n) is 78.3. The third kappa shape index (κ3) is 37.6. The van der Waals surface area contributed by atoms with Gasteiger partial charge in [0.25, 0.3) is 0 Å². The molecule has 28 N–H and O–H groups in total. The van der Waals surface area contributed by atoms with E-state index in [2.05, 4.69) is 84.7 Å². The van der Waals surface area contributed by atoms with Gasteiger partial charge in [-0.15, -0.1) is 0 Å². The molecule has 2 aromatic rings. The van der Waals surface area contributed by atoms with Crippen LogP contribution in [0.4, 0.5) is 0 Å². The van der Waals surface area contributed by atoms with Gasteiger partial charge in [-0.2, -0.15) is 0 Å². The Morgan fingerprint density at radius 1 is 0.359 bits per heavy atom. The van der Waals surface area contributed by atoms with Gasteiger partial charge in [0.15, 0.2) is 0 Å². The summed E-state index contributed by atoms with van der Waals surface area (Å²) in [6.07, 6.45) is 2.24. The van der Waals surface area contributed by atoms with Crippen molar-refractivity contribution in [1.82, 2.24) is 84.7 Å². The average molecular weight is 1810 g/mol. The van der Waals surface area contributed by atoms with Crippen LogP contribution in [0.2, 0.25) is 0 Å². The van der Waals surface area contributed by atoms with Gasteiger partial charge in [0.1, 0.15) is 84.6 Å². The first kappa shape index (κ1) is 114. The molecule has 0 aliphatic carbocycles. The van der Waals surface area contributed by atoms with Crippen molar-refractivity contribution >= 4 is 105 Å². The van der Waals surface area contributed by atoms with E-state index in [4.69, 9.17) is 22.9 Å². The second-order valence-corrected chi connectivity index (χ2v) is 35.0. The summed E-state index contributed by atoms with van der Waals surface area (Å²) in [4.78, 5) is 229. The molecule has 1 aromatic carbocycles. The molecule has 0 radical (unpaired) electrons. The van der Waals surface area contributed by atoms with Gasteiger partial charge in [0.2, 0.25) is 88.6 Å². The summed E-state index contributed by atoms with van der Waals surface area (Å²) in [6.45, 7) is 28.6. The largest absolute Gasteiger partial charge is 0.480 e. The topological polar surface area (TPSA) is 654 Å². The Morgan fingerprint density at radius 2 is 0.680 bits per heavy atom. The van der Waals surface area contributed by atoms with Crippen LogP contribution in [0.5, 0.6) is 0 Å². The first-order valence-corrected chi connectivity index (χ1v) is 45.4. The maximum Gasteiger partial charge on any atom is 0.326 e. The molecular weight excluding hydrogens is 1660 g/mol. The Kier molecular flexibility index (Phi) is 52.2. The van der Waals surface area contributed by atoms with E-state index in [1.807, 2.05) is 13.0 Å². The molecule has 0 aliphatic heterocycles. The van der Waals surface area contributed by atoms with Gasteiger partial charge in [0.05, 0.1) is 31.4 Å². The molecule has 1 heterocycles. The first-order chi connectivity index (χ1) is 60.3. The lowest BCUT2D eigenvalue weighted by atomic mass is 9.94. The molecule has 0 bridgehead atoms. The predicted octanol–water partition coefficient (Wildman–Crippen LogP) is -1.24. The number of carbonyl (C=O) groups excluding carboxylic acids is 15. The van der Waals surface area contributed by atoms with E-state index in [0.29, 0.717) is 74.3 Å². The molecule has 1 aromatic heterocycles. The van der Waals surface area contributed by atoms with Crippen molar-refractivity contribution in [3.63, 3.8) is 0 Å². The Morgan fingerprint density at radius 3 is 1.09 bits per heavy atom. The van der Waals surface area contributed by atoms with Crippen molar-refractivity contribution < 1.29 is 97.1 Å². The zero-order valence-corrected chi connectivity index (χ0v) is 78.3. The summed E-state index contributed by atoms with van der Waals surface area (Å²) in [5, 5.41) is 81.7. The Labute approximate surface area is 753 Å². The molecule has 0 unspecified atom stereocenters. The molecule has 726 valence electrons. The number of carboxylic acids is 1. The minimum absolute atomic E-state index is 0.00246. The summed E-state index contributed by atoms with van der Waals surface area (Å²) in [6, 6.07) is -13.9. The monoisotopic (exact) mass is 1810 g/mol. The third-order valence-corrected chi connectivity index (χ3v) is 23.4. The molecule has 0 saturated heterocycles. The van der Waals surface area contributed by atoms with Crippen LogP contribution in [0.1, 0.15) is 227 Å². The van der Waals surface area contributed by atoms with Crippen molar-refractivity contribution in [3.05, 3.63) is 36.0 Å². The van der Waals surface area contributed by atoms with Crippen LogP contribution < -0.4 is 103 Å². The number of carbonyl (C=O) groups is 16. The van der Waals surface area contributed by atoms with Gasteiger partial charge < -0.3 is 128 Å². The number of rotatable bonds is 62. The summed E-state index contributed by atoms with van der Waals surface area (Å²) in [5.74, 6) is -18.5. The van der Waals surface area contributed by atoms with E-state index >= 15 is 9.59 Å². The number of nitrogens with two attached hydrogens (primary N) is 4. The number of aliphatic carboxylic acids is 1. The number of aliphatic hydroxyl groups excluding tert-OH is 3. The van der Waals surface area contributed by atoms with Crippen molar-refractivity contribution in [2.75, 3.05) is 32.8 Å². The van der Waals surface area contributed by atoms with E-state index in [1.54, 1.807) is 128 Å². The highest BCUT2D eigenvalue weighted by molar-refractivity contribution is 6.01. The molecular formula is C88H154N20O20. The first-order valence-electron chi connectivity index (χ1n) is 45.4. The van der Waals surface area contributed by atoms with E-state index < -0.39 is 246 Å². The predicted molar refractivity (Wildman–Crippen MR) is 483 cm³/mol. The number of para-hydroxylation sites is 1. The number of hydrogen-bond donors (Lipinski definition) is 24. The number of carboxylic acid groups (broad SMARTS) is 1. The fourth-order valence-electron chi connectivity index (χ4n) is 13.9. The number of benzene rings is 1. The zero-order chi connectivity index (χ0) is 97.1. The lowest BCUT2D eigenvalue weighted by Crippen LogP contribution is -2.63. The van der Waals surface area contributed by atoms with Gasteiger partial charge in [0, 0.05) is 23.5 Å². The van der Waals surface area contributed by atoms with E-state index in [9.17, 15) is 87.5 Å². The van der Waals surface area contributed by atoms with Gasteiger partial charge >= 0.3 is 5.97 Å². The highest BCUT2D eigenvalue weighted by Gasteiger charge is 2.42. The maximum atomic E-state index is 15.2. The number of unbranched alkanes of at least 4 members (excludes halogenated alkanes) is 3. The molecule has 15 amide bonds. The molecule has 2 rings (SSSR count). The van der Waals surface area contributed by atoms with E-state index in [0.717, 1.165) is 0 Å². The van der Waals surface area contributed by atoms with Crippen molar-refractivity contribution in [2.45, 2.75) is 330 Å². The molecule has 0 fully saturated rings.